The smallest absolute Gasteiger partial charge is 0.405 e. The molecule has 3 saturated heterocycles. The summed E-state index contributed by atoms with van der Waals surface area (Å²) in [6.07, 6.45) is -0.509. The number of aliphatic imine (C=N–C) groups is 1. The number of aromatic nitrogens is 3. The number of nitrogens with two attached hydrogens (primary N) is 1. The molecule has 13 atom stereocenters. The number of esters is 2. The minimum Gasteiger partial charge on any atom is -0.457 e. The highest BCUT2D eigenvalue weighted by atomic mass is 16.7. The lowest BCUT2D eigenvalue weighted by Gasteiger charge is -2.48. The summed E-state index contributed by atoms with van der Waals surface area (Å²) >= 11 is 0. The molecule has 0 aliphatic carbocycles. The van der Waals surface area contributed by atoms with E-state index in [1.807, 2.05) is 38.9 Å². The van der Waals surface area contributed by atoms with Gasteiger partial charge in [-0.2, -0.15) is 5.10 Å². The molecule has 0 radical (unpaired) electrons. The van der Waals surface area contributed by atoms with Gasteiger partial charge in [0, 0.05) is 43.8 Å². The second-order valence-corrected chi connectivity index (χ2v) is 18.6. The number of ketones is 1. The normalized spacial score (nSPS) is 34.3. The van der Waals surface area contributed by atoms with Crippen LogP contribution in [0.4, 0.5) is 4.79 Å². The molecule has 20 heteroatoms. The van der Waals surface area contributed by atoms with E-state index in [9.17, 15) is 19.2 Å². The van der Waals surface area contributed by atoms with E-state index in [2.05, 4.69) is 26.8 Å². The monoisotopic (exact) mass is 951 g/mol. The van der Waals surface area contributed by atoms with Crippen LogP contribution in [0.5, 0.6) is 0 Å². The van der Waals surface area contributed by atoms with Gasteiger partial charge in [0.05, 0.1) is 54.6 Å². The van der Waals surface area contributed by atoms with Crippen molar-refractivity contribution in [3.63, 3.8) is 0 Å². The number of pyridine rings is 1. The minimum absolute atomic E-state index is 0.0396. The minimum atomic E-state index is -1.86. The molecule has 2 bridgehead atoms. The first-order chi connectivity index (χ1) is 32.1. The van der Waals surface area contributed by atoms with Crippen LogP contribution in [-0.4, -0.2) is 142 Å². The molecule has 3 aliphatic rings. The Balaban J connectivity index is 1.74. The fourth-order valence-corrected chi connectivity index (χ4v) is 9.76. The van der Waals surface area contributed by atoms with E-state index < -0.39 is 95.3 Å². The van der Waals surface area contributed by atoms with Crippen LogP contribution in [0.1, 0.15) is 93.7 Å². The zero-order chi connectivity index (χ0) is 50.1. The summed E-state index contributed by atoms with van der Waals surface area (Å²) in [5, 5.41) is 8.74. The topological polar surface area (TPSA) is 244 Å². The van der Waals surface area contributed by atoms with Crippen molar-refractivity contribution < 1.29 is 62.0 Å². The van der Waals surface area contributed by atoms with Crippen molar-refractivity contribution >= 4 is 41.1 Å². The second-order valence-electron chi connectivity index (χ2n) is 18.6. The number of hydrogen-bond acceptors (Lipinski definition) is 17. The molecular formula is C48H69N7O13. The van der Waals surface area contributed by atoms with Gasteiger partial charge in [-0.1, -0.05) is 38.9 Å². The Morgan fingerprint density at radius 2 is 1.82 bits per heavy atom. The summed E-state index contributed by atoms with van der Waals surface area (Å²) in [4.78, 5) is 85.3. The maximum Gasteiger partial charge on any atom is 0.405 e. The number of carbonyl (C=O) groups excluding carboxylic acids is 5. The van der Waals surface area contributed by atoms with E-state index >= 15 is 4.79 Å². The van der Waals surface area contributed by atoms with Crippen molar-refractivity contribution in [2.45, 2.75) is 149 Å². The van der Waals surface area contributed by atoms with E-state index in [1.54, 1.807) is 63.1 Å². The summed E-state index contributed by atoms with van der Waals surface area (Å²) in [6, 6.07) is 5.04. The lowest BCUT2D eigenvalue weighted by Crippen LogP contribution is -2.61. The van der Waals surface area contributed by atoms with Gasteiger partial charge in [0.2, 0.25) is 5.91 Å². The van der Waals surface area contributed by atoms with Crippen LogP contribution < -0.4 is 5.73 Å². The van der Waals surface area contributed by atoms with Crippen molar-refractivity contribution in [2.24, 2.45) is 39.6 Å². The third kappa shape index (κ3) is 12.8. The van der Waals surface area contributed by atoms with E-state index in [-0.39, 0.29) is 56.9 Å². The number of primary amides is 1. The molecule has 374 valence electrons. The highest BCUT2D eigenvalue weighted by Gasteiger charge is 2.55. The molecule has 0 aromatic carbocycles. The van der Waals surface area contributed by atoms with Crippen molar-refractivity contribution in [1.82, 2.24) is 19.7 Å². The quantitative estimate of drug-likeness (QED) is 0.0974. The molecule has 68 heavy (non-hydrogen) atoms. The fraction of sp³-hybridized carbons (Fsp3) is 0.646. The van der Waals surface area contributed by atoms with E-state index in [4.69, 9.17) is 43.7 Å². The standard InChI is InChI=1S/C48H69N7O13/c1-13-16-36-40(58)30(6)42(67-45-41(65-32(8)57)37(54(11)12)21-28(4)64-45)47(9)22-27(3)39(52-31(7)56)29(5)43(48(10,68-46(49)60)38(14-2)66-44(36)59)61-24-34(25-62-47)53-63-26-33-17-18-35(23-50-33)55-20-15-19-51-55/h13,15,17-20,23,27-30,36-38,41-43,45H,1,14,16,21-22,24-26H2,2-12H3,(H2,49,60)/b52-39?,53-34+/t27-,28-,29+,30+,36?,37+,38-,41-,42-,43+,45+,47-,48-/m1/s1. The van der Waals surface area contributed by atoms with Gasteiger partial charge in [-0.15, -0.1) is 6.58 Å². The van der Waals surface area contributed by atoms with Crippen molar-refractivity contribution in [2.75, 3.05) is 27.3 Å². The number of likely N-dealkylation sites (N-methyl/N-ethyl adjacent to an activating group) is 1. The van der Waals surface area contributed by atoms with Crippen LogP contribution in [0.3, 0.4) is 0 Å². The van der Waals surface area contributed by atoms with Crippen molar-refractivity contribution in [3.8, 4) is 5.69 Å². The molecule has 5 heterocycles. The highest BCUT2D eigenvalue weighted by molar-refractivity contribution is 6.01. The molecule has 0 saturated carbocycles. The first kappa shape index (κ1) is 53.5. The van der Waals surface area contributed by atoms with Crippen molar-refractivity contribution in [1.29, 1.82) is 0 Å². The van der Waals surface area contributed by atoms with Crippen LogP contribution in [0.15, 0.2) is 59.6 Å². The third-order valence-electron chi connectivity index (χ3n) is 12.9. The predicted octanol–water partition coefficient (Wildman–Crippen LogP) is 4.93. The van der Waals surface area contributed by atoms with E-state index in [0.717, 1.165) is 5.69 Å². The number of hydrogen-bond donors (Lipinski definition) is 1. The summed E-state index contributed by atoms with van der Waals surface area (Å²) in [5.41, 5.74) is 4.21. The van der Waals surface area contributed by atoms with Gasteiger partial charge in [0.1, 0.15) is 23.8 Å². The average Bonchev–Trinajstić information content (AvgIpc) is 3.81. The van der Waals surface area contributed by atoms with E-state index in [0.29, 0.717) is 17.8 Å². The molecule has 2 amide bonds. The average molecular weight is 952 g/mol. The number of rotatable bonds is 12. The van der Waals surface area contributed by atoms with Gasteiger partial charge in [0.25, 0.3) is 0 Å². The van der Waals surface area contributed by atoms with Crippen LogP contribution in [0.2, 0.25) is 0 Å². The molecule has 20 nitrogen and oxygen atoms in total. The van der Waals surface area contributed by atoms with Crippen LogP contribution in [0, 0.1) is 23.7 Å². The van der Waals surface area contributed by atoms with Gasteiger partial charge >= 0.3 is 18.0 Å². The largest absolute Gasteiger partial charge is 0.457 e. The molecule has 2 N–H and O–H groups in total. The zero-order valence-corrected chi connectivity index (χ0v) is 41.1. The summed E-state index contributed by atoms with van der Waals surface area (Å²) < 4.78 is 47.0. The molecule has 1 unspecified atom stereocenters. The number of ether oxygens (including phenoxy) is 7. The molecule has 3 aliphatic heterocycles. The number of cyclic esters (lactones) is 1. The molecule has 2 aromatic heterocycles. The van der Waals surface area contributed by atoms with Crippen LogP contribution >= 0.6 is 0 Å². The molecular weight excluding hydrogens is 883 g/mol. The molecule has 2 aromatic rings. The van der Waals surface area contributed by atoms with E-state index in [1.165, 1.54) is 26.8 Å². The summed E-state index contributed by atoms with van der Waals surface area (Å²) in [6.45, 7) is 17.9. The molecule has 5 rings (SSSR count). The number of amides is 2. The maximum atomic E-state index is 15.1. The van der Waals surface area contributed by atoms with Gasteiger partial charge in [-0.05, 0) is 84.7 Å². The lowest BCUT2D eigenvalue weighted by molar-refractivity contribution is -0.298. The summed E-state index contributed by atoms with van der Waals surface area (Å²) in [7, 11) is 3.72. The Morgan fingerprint density at radius 3 is 2.41 bits per heavy atom. The SMILES string of the molecule is C=CCC1C(=O)O[C@H](CC)[C@@](C)(OC(N)=O)[C@H]2OC/C(=N\OCc3ccc(-n4cccn4)cn3)CO[C@](C)(C[C@@H](C)C(=NC(C)=O)[C@@H]2C)[C@H](O[C@@H]2O[C@H](C)C[C@H](N(C)C)[C@H]2OC(C)=O)[C@@H](C)C1=O. The Bertz CT molecular complexity index is 2150. The predicted molar refractivity (Wildman–Crippen MR) is 247 cm³/mol. The highest BCUT2D eigenvalue weighted by Crippen LogP contribution is 2.41. The molecule has 0 spiro atoms. The third-order valence-corrected chi connectivity index (χ3v) is 12.9. The van der Waals surface area contributed by atoms with Gasteiger partial charge in [-0.25, -0.2) is 14.5 Å². The Labute approximate surface area is 398 Å². The van der Waals surface area contributed by atoms with Crippen LogP contribution in [-0.2, 0) is 63.8 Å². The number of fused-ring (bicyclic) bond motifs is 5. The van der Waals surface area contributed by atoms with Gasteiger partial charge < -0.3 is 48.6 Å². The maximum absolute atomic E-state index is 15.1. The number of carbonyl (C=O) groups is 5. The molecule has 3 fully saturated rings. The van der Waals surface area contributed by atoms with Crippen molar-refractivity contribution in [3.05, 3.63) is 55.1 Å². The number of Topliss-reactive ketones (excluding diaryl/α,β-unsaturated/α-hetero) is 1. The van der Waals surface area contributed by atoms with Gasteiger partial charge in [0.15, 0.2) is 30.4 Å². The second kappa shape index (κ2) is 23.3. The number of oxime groups is 1. The number of allylic oxidation sites excluding steroid dienone is 1. The zero-order valence-electron chi connectivity index (χ0n) is 41.1. The Hall–Kier alpha value is -5.41. The fourth-order valence-electron chi connectivity index (χ4n) is 9.76. The lowest BCUT2D eigenvalue weighted by atomic mass is 9.73. The Kier molecular flexibility index (Phi) is 18.3. The van der Waals surface area contributed by atoms with Crippen LogP contribution in [0.25, 0.3) is 5.69 Å². The number of nitrogens with zero attached hydrogens (tertiary/aromatic N) is 6. The Morgan fingerprint density at radius 1 is 1.09 bits per heavy atom. The van der Waals surface area contributed by atoms with Gasteiger partial charge in [-0.3, -0.25) is 24.2 Å². The first-order valence-electron chi connectivity index (χ1n) is 23.1. The first-order valence-corrected chi connectivity index (χ1v) is 23.1. The summed E-state index contributed by atoms with van der Waals surface area (Å²) in [5.74, 6) is -6.67.